The number of esters is 1. The summed E-state index contributed by atoms with van der Waals surface area (Å²) in [7, 11) is 0. The van der Waals surface area contributed by atoms with Gasteiger partial charge in [0.15, 0.2) is 5.58 Å². The second-order valence-corrected chi connectivity index (χ2v) is 3.48. The number of carbonyl (C=O) groups excluding carboxylic acids is 1. The Morgan fingerprint density at radius 1 is 1.53 bits per heavy atom. The fourth-order valence-electron chi connectivity index (χ4n) is 1.53. The van der Waals surface area contributed by atoms with Crippen molar-refractivity contribution in [2.75, 3.05) is 18.5 Å². The number of benzene rings is 1. The van der Waals surface area contributed by atoms with Gasteiger partial charge in [-0.15, -0.1) is 0 Å². The summed E-state index contributed by atoms with van der Waals surface area (Å²) in [4.78, 5) is 22.0. The number of carbonyl (C=O) groups is 1. The van der Waals surface area contributed by atoms with Gasteiger partial charge in [0.25, 0.3) is 5.56 Å². The van der Waals surface area contributed by atoms with Crippen LogP contribution in [-0.2, 0) is 9.53 Å². The molecule has 6 nitrogen and oxygen atoms in total. The van der Waals surface area contributed by atoms with Gasteiger partial charge >= 0.3 is 5.97 Å². The zero-order valence-corrected chi connectivity index (χ0v) is 9.28. The number of hydrogen-bond acceptors (Lipinski definition) is 5. The normalized spacial score (nSPS) is 10.4. The Labute approximate surface area is 96.5 Å². The largest absolute Gasteiger partial charge is 0.464 e. The molecular formula is C11H12N2O4. The summed E-state index contributed by atoms with van der Waals surface area (Å²) in [5, 5.41) is 5.75. The van der Waals surface area contributed by atoms with Crippen LogP contribution in [0.25, 0.3) is 11.0 Å². The number of aromatic nitrogens is 1. The van der Waals surface area contributed by atoms with Crippen molar-refractivity contribution < 1.29 is 14.1 Å². The van der Waals surface area contributed by atoms with Crippen molar-refractivity contribution in [3.8, 4) is 0 Å². The quantitative estimate of drug-likeness (QED) is 0.613. The Bertz CT molecular complexity index is 584. The fraction of sp³-hybridized carbons (Fsp3) is 0.273. The highest BCUT2D eigenvalue weighted by atomic mass is 16.5. The van der Waals surface area contributed by atoms with Crippen molar-refractivity contribution in [1.29, 1.82) is 0 Å². The Hall–Kier alpha value is -2.24. The number of aromatic amines is 1. The number of H-pyrrole nitrogens is 1. The summed E-state index contributed by atoms with van der Waals surface area (Å²) < 4.78 is 9.75. The zero-order chi connectivity index (χ0) is 12.3. The van der Waals surface area contributed by atoms with Crippen LogP contribution in [0.5, 0.6) is 0 Å². The van der Waals surface area contributed by atoms with Crippen LogP contribution >= 0.6 is 0 Å². The van der Waals surface area contributed by atoms with Crippen molar-refractivity contribution in [1.82, 2.24) is 5.16 Å². The molecule has 0 fully saturated rings. The standard InChI is InChI=1S/C11H12N2O4/c1-7(14)16-6-5-12-8-3-2-4-9-10(8)11(15)13-17-9/h2-4,12H,5-6H2,1H3,(H,13,15). The zero-order valence-electron chi connectivity index (χ0n) is 9.28. The summed E-state index contributed by atoms with van der Waals surface area (Å²) in [6.45, 7) is 2.03. The van der Waals surface area contributed by atoms with Crippen LogP contribution < -0.4 is 10.9 Å². The van der Waals surface area contributed by atoms with Gasteiger partial charge in [-0.25, -0.2) is 0 Å². The molecule has 0 amide bonds. The Morgan fingerprint density at radius 2 is 2.35 bits per heavy atom. The lowest BCUT2D eigenvalue weighted by Crippen LogP contribution is -2.13. The van der Waals surface area contributed by atoms with Gasteiger partial charge in [0.1, 0.15) is 12.0 Å². The first-order chi connectivity index (χ1) is 8.18. The highest BCUT2D eigenvalue weighted by molar-refractivity contribution is 5.89. The molecule has 6 heteroatoms. The molecular weight excluding hydrogens is 224 g/mol. The van der Waals surface area contributed by atoms with Gasteiger partial charge in [-0.1, -0.05) is 6.07 Å². The van der Waals surface area contributed by atoms with Gasteiger partial charge in [-0.05, 0) is 12.1 Å². The van der Waals surface area contributed by atoms with Gasteiger partial charge in [0, 0.05) is 13.5 Å². The summed E-state index contributed by atoms with van der Waals surface area (Å²) in [5.41, 5.74) is 0.868. The van der Waals surface area contributed by atoms with Crippen LogP contribution in [0.3, 0.4) is 0 Å². The molecule has 2 rings (SSSR count). The van der Waals surface area contributed by atoms with Gasteiger partial charge < -0.3 is 14.6 Å². The predicted molar refractivity (Wildman–Crippen MR) is 62.0 cm³/mol. The fourth-order valence-corrected chi connectivity index (χ4v) is 1.53. The third kappa shape index (κ3) is 2.47. The van der Waals surface area contributed by atoms with E-state index >= 15 is 0 Å². The van der Waals surface area contributed by atoms with Crippen LogP contribution in [0.2, 0.25) is 0 Å². The van der Waals surface area contributed by atoms with E-state index in [1.165, 1.54) is 6.92 Å². The van der Waals surface area contributed by atoms with E-state index in [0.717, 1.165) is 0 Å². The summed E-state index contributed by atoms with van der Waals surface area (Å²) in [6, 6.07) is 5.23. The second-order valence-electron chi connectivity index (χ2n) is 3.48. The molecule has 0 atom stereocenters. The highest BCUT2D eigenvalue weighted by Crippen LogP contribution is 2.18. The van der Waals surface area contributed by atoms with E-state index in [0.29, 0.717) is 23.2 Å². The lowest BCUT2D eigenvalue weighted by atomic mass is 10.2. The maximum absolute atomic E-state index is 11.5. The molecule has 0 bridgehead atoms. The van der Waals surface area contributed by atoms with Crippen LogP contribution in [0, 0.1) is 0 Å². The molecule has 0 saturated carbocycles. The van der Waals surface area contributed by atoms with Gasteiger partial charge in [0.2, 0.25) is 0 Å². The van der Waals surface area contributed by atoms with Crippen molar-refractivity contribution in [2.45, 2.75) is 6.92 Å². The molecule has 2 N–H and O–H groups in total. The average Bonchev–Trinajstić information content (AvgIpc) is 2.67. The minimum atomic E-state index is -0.328. The third-order valence-corrected chi connectivity index (χ3v) is 2.23. The van der Waals surface area contributed by atoms with Crippen molar-refractivity contribution >= 4 is 22.6 Å². The Kier molecular flexibility index (Phi) is 3.13. The van der Waals surface area contributed by atoms with E-state index in [1.807, 2.05) is 0 Å². The summed E-state index contributed by atoms with van der Waals surface area (Å²) in [6.07, 6.45) is 0. The number of anilines is 1. The van der Waals surface area contributed by atoms with E-state index in [-0.39, 0.29) is 18.1 Å². The lowest BCUT2D eigenvalue weighted by molar-refractivity contribution is -0.140. The van der Waals surface area contributed by atoms with E-state index in [4.69, 9.17) is 9.26 Å². The van der Waals surface area contributed by atoms with E-state index in [1.54, 1.807) is 18.2 Å². The number of nitrogens with one attached hydrogen (secondary N) is 2. The molecule has 0 aliphatic rings. The van der Waals surface area contributed by atoms with E-state index < -0.39 is 0 Å². The topological polar surface area (TPSA) is 84.3 Å². The monoisotopic (exact) mass is 236 g/mol. The average molecular weight is 236 g/mol. The maximum Gasteiger partial charge on any atom is 0.302 e. The minimum Gasteiger partial charge on any atom is -0.464 e. The highest BCUT2D eigenvalue weighted by Gasteiger charge is 2.07. The van der Waals surface area contributed by atoms with Gasteiger partial charge in [-0.3, -0.25) is 9.59 Å². The van der Waals surface area contributed by atoms with E-state index in [2.05, 4.69) is 10.5 Å². The van der Waals surface area contributed by atoms with Crippen LogP contribution in [0.15, 0.2) is 27.5 Å². The number of rotatable bonds is 4. The first-order valence-electron chi connectivity index (χ1n) is 5.16. The Balaban J connectivity index is 2.10. The lowest BCUT2D eigenvalue weighted by Gasteiger charge is -2.06. The first kappa shape index (κ1) is 11.3. The van der Waals surface area contributed by atoms with Crippen LogP contribution in [-0.4, -0.2) is 24.3 Å². The molecule has 0 spiro atoms. The molecule has 90 valence electrons. The number of ether oxygens (including phenoxy) is 1. The van der Waals surface area contributed by atoms with Crippen molar-refractivity contribution in [3.05, 3.63) is 28.6 Å². The second kappa shape index (κ2) is 4.73. The molecule has 0 saturated heterocycles. The van der Waals surface area contributed by atoms with Gasteiger partial charge in [0.05, 0.1) is 5.69 Å². The summed E-state index contributed by atoms with van der Waals surface area (Å²) >= 11 is 0. The Morgan fingerprint density at radius 3 is 3.12 bits per heavy atom. The molecule has 1 heterocycles. The minimum absolute atomic E-state index is 0.251. The third-order valence-electron chi connectivity index (χ3n) is 2.23. The molecule has 0 aliphatic carbocycles. The first-order valence-corrected chi connectivity index (χ1v) is 5.16. The smallest absolute Gasteiger partial charge is 0.302 e. The van der Waals surface area contributed by atoms with Gasteiger partial charge in [-0.2, -0.15) is 5.16 Å². The van der Waals surface area contributed by atoms with Crippen molar-refractivity contribution in [2.24, 2.45) is 0 Å². The molecule has 1 aromatic heterocycles. The predicted octanol–water partition coefficient (Wildman–Crippen LogP) is 1.10. The molecule has 0 radical (unpaired) electrons. The molecule has 17 heavy (non-hydrogen) atoms. The molecule has 2 aromatic rings. The summed E-state index contributed by atoms with van der Waals surface area (Å²) in [5.74, 6) is -0.328. The van der Waals surface area contributed by atoms with Crippen LogP contribution in [0.1, 0.15) is 6.92 Å². The number of hydrogen-bond donors (Lipinski definition) is 2. The maximum atomic E-state index is 11.5. The SMILES string of the molecule is CC(=O)OCCNc1cccc2o[nH]c(=O)c12. The van der Waals surface area contributed by atoms with Crippen LogP contribution in [0.4, 0.5) is 5.69 Å². The molecule has 1 aromatic carbocycles. The van der Waals surface area contributed by atoms with Crippen molar-refractivity contribution in [3.63, 3.8) is 0 Å². The molecule has 0 aliphatic heterocycles. The molecule has 0 unspecified atom stereocenters. The number of fused-ring (bicyclic) bond motifs is 1. The van der Waals surface area contributed by atoms with E-state index in [9.17, 15) is 9.59 Å².